The lowest BCUT2D eigenvalue weighted by Gasteiger charge is -2.16. The van der Waals surface area contributed by atoms with E-state index in [1.807, 2.05) is 50.2 Å². The second-order valence-electron chi connectivity index (χ2n) is 5.00. The van der Waals surface area contributed by atoms with Gasteiger partial charge in [0.25, 0.3) is 0 Å². The summed E-state index contributed by atoms with van der Waals surface area (Å²) in [5.41, 5.74) is 4.56. The molecule has 0 amide bonds. The standard InChI is InChI=1S/C17H16N2O/c1-11-7-8-18-10-15(11)17(20)14-9-12(2)19-16-6-4-3-5-13(14)16/h3-10,17,20H,1-2H3. The van der Waals surface area contributed by atoms with E-state index in [2.05, 4.69) is 9.97 Å². The minimum atomic E-state index is -0.685. The maximum atomic E-state index is 10.7. The molecule has 3 rings (SSSR count). The molecular weight excluding hydrogens is 248 g/mol. The average Bonchev–Trinajstić information content (AvgIpc) is 2.46. The summed E-state index contributed by atoms with van der Waals surface area (Å²) in [6, 6.07) is 11.7. The molecule has 0 aliphatic heterocycles. The van der Waals surface area contributed by atoms with Crippen molar-refractivity contribution in [2.24, 2.45) is 0 Å². The number of benzene rings is 1. The zero-order valence-electron chi connectivity index (χ0n) is 11.5. The van der Waals surface area contributed by atoms with Crippen LogP contribution < -0.4 is 0 Å². The summed E-state index contributed by atoms with van der Waals surface area (Å²) in [5.74, 6) is 0. The fourth-order valence-electron chi connectivity index (χ4n) is 2.50. The molecule has 3 aromatic rings. The van der Waals surface area contributed by atoms with Crippen LogP contribution in [0.4, 0.5) is 0 Å². The van der Waals surface area contributed by atoms with E-state index in [-0.39, 0.29) is 0 Å². The molecule has 0 saturated carbocycles. The summed E-state index contributed by atoms with van der Waals surface area (Å²) in [6.45, 7) is 3.93. The number of fused-ring (bicyclic) bond motifs is 1. The second-order valence-corrected chi connectivity index (χ2v) is 5.00. The number of aromatic nitrogens is 2. The number of rotatable bonds is 2. The van der Waals surface area contributed by atoms with Crippen molar-refractivity contribution >= 4 is 10.9 Å². The smallest absolute Gasteiger partial charge is 0.107 e. The molecule has 0 aliphatic rings. The summed E-state index contributed by atoms with van der Waals surface area (Å²) in [4.78, 5) is 8.63. The van der Waals surface area contributed by atoms with Gasteiger partial charge in [-0.3, -0.25) is 9.97 Å². The Kier molecular flexibility index (Phi) is 3.20. The first-order chi connectivity index (χ1) is 9.66. The number of hydrogen-bond donors (Lipinski definition) is 1. The first-order valence-electron chi connectivity index (χ1n) is 6.61. The Bertz CT molecular complexity index is 768. The van der Waals surface area contributed by atoms with Gasteiger partial charge in [-0.15, -0.1) is 0 Å². The van der Waals surface area contributed by atoms with Gasteiger partial charge in [0.2, 0.25) is 0 Å². The minimum Gasteiger partial charge on any atom is -0.384 e. The highest BCUT2D eigenvalue weighted by Crippen LogP contribution is 2.29. The van der Waals surface area contributed by atoms with Crippen molar-refractivity contribution in [3.05, 3.63) is 71.2 Å². The van der Waals surface area contributed by atoms with Crippen LogP contribution in [0.2, 0.25) is 0 Å². The molecule has 0 fully saturated rings. The highest BCUT2D eigenvalue weighted by molar-refractivity contribution is 5.83. The Balaban J connectivity index is 2.21. The molecule has 1 aromatic carbocycles. The van der Waals surface area contributed by atoms with Crippen LogP contribution in [0.15, 0.2) is 48.8 Å². The highest BCUT2D eigenvalue weighted by Gasteiger charge is 2.16. The zero-order valence-corrected chi connectivity index (χ0v) is 11.5. The van der Waals surface area contributed by atoms with Gasteiger partial charge in [0.05, 0.1) is 5.52 Å². The molecule has 0 aliphatic carbocycles. The molecule has 1 N–H and O–H groups in total. The normalized spacial score (nSPS) is 12.6. The lowest BCUT2D eigenvalue weighted by Crippen LogP contribution is -2.04. The topological polar surface area (TPSA) is 46.0 Å². The Labute approximate surface area is 117 Å². The van der Waals surface area contributed by atoms with Crippen LogP contribution in [-0.4, -0.2) is 15.1 Å². The lowest BCUT2D eigenvalue weighted by molar-refractivity contribution is 0.220. The SMILES string of the molecule is Cc1cc(C(O)c2cnccc2C)c2ccccc2n1. The third-order valence-electron chi connectivity index (χ3n) is 3.54. The van der Waals surface area contributed by atoms with Crippen LogP contribution in [0.25, 0.3) is 10.9 Å². The number of aryl methyl sites for hydroxylation is 2. The van der Waals surface area contributed by atoms with Crippen molar-refractivity contribution in [2.45, 2.75) is 20.0 Å². The number of para-hydroxylation sites is 1. The lowest BCUT2D eigenvalue weighted by atomic mass is 9.96. The number of aliphatic hydroxyl groups is 1. The number of hydrogen-bond acceptors (Lipinski definition) is 3. The van der Waals surface area contributed by atoms with Gasteiger partial charge in [-0.05, 0) is 43.2 Å². The Hall–Kier alpha value is -2.26. The van der Waals surface area contributed by atoms with Crippen LogP contribution in [0.1, 0.15) is 28.5 Å². The fraction of sp³-hybridized carbons (Fsp3) is 0.176. The van der Waals surface area contributed by atoms with Crippen LogP contribution in [0.3, 0.4) is 0 Å². The van der Waals surface area contributed by atoms with Gasteiger partial charge >= 0.3 is 0 Å². The van der Waals surface area contributed by atoms with Gasteiger partial charge in [0.1, 0.15) is 6.10 Å². The van der Waals surface area contributed by atoms with Crippen molar-refractivity contribution in [1.82, 2.24) is 9.97 Å². The monoisotopic (exact) mass is 264 g/mol. The minimum absolute atomic E-state index is 0.685. The summed E-state index contributed by atoms with van der Waals surface area (Å²) in [5, 5.41) is 11.7. The molecule has 2 heterocycles. The molecule has 20 heavy (non-hydrogen) atoms. The Morgan fingerprint density at radius 1 is 1.05 bits per heavy atom. The van der Waals surface area contributed by atoms with E-state index in [0.717, 1.165) is 33.3 Å². The van der Waals surface area contributed by atoms with E-state index < -0.39 is 6.10 Å². The van der Waals surface area contributed by atoms with E-state index in [4.69, 9.17) is 0 Å². The van der Waals surface area contributed by atoms with Gasteiger partial charge in [-0.1, -0.05) is 18.2 Å². The summed E-state index contributed by atoms with van der Waals surface area (Å²) < 4.78 is 0. The summed E-state index contributed by atoms with van der Waals surface area (Å²) >= 11 is 0. The van der Waals surface area contributed by atoms with E-state index in [1.54, 1.807) is 12.4 Å². The fourth-order valence-corrected chi connectivity index (χ4v) is 2.50. The number of aliphatic hydroxyl groups excluding tert-OH is 1. The average molecular weight is 264 g/mol. The van der Waals surface area contributed by atoms with Crippen molar-refractivity contribution in [2.75, 3.05) is 0 Å². The quantitative estimate of drug-likeness (QED) is 0.772. The molecule has 0 radical (unpaired) electrons. The van der Waals surface area contributed by atoms with Crippen LogP contribution >= 0.6 is 0 Å². The maximum Gasteiger partial charge on any atom is 0.107 e. The Morgan fingerprint density at radius 2 is 1.85 bits per heavy atom. The maximum absolute atomic E-state index is 10.7. The molecule has 0 saturated heterocycles. The molecule has 3 heteroatoms. The van der Waals surface area contributed by atoms with E-state index in [0.29, 0.717) is 0 Å². The van der Waals surface area contributed by atoms with Crippen molar-refractivity contribution in [1.29, 1.82) is 0 Å². The van der Waals surface area contributed by atoms with E-state index in [9.17, 15) is 5.11 Å². The van der Waals surface area contributed by atoms with Crippen LogP contribution in [0, 0.1) is 13.8 Å². The summed E-state index contributed by atoms with van der Waals surface area (Å²) in [6.07, 6.45) is 2.78. The van der Waals surface area contributed by atoms with Gasteiger partial charge in [0, 0.05) is 29.0 Å². The van der Waals surface area contributed by atoms with Gasteiger partial charge < -0.3 is 5.11 Å². The number of nitrogens with zero attached hydrogens (tertiary/aromatic N) is 2. The van der Waals surface area contributed by atoms with Crippen LogP contribution in [-0.2, 0) is 0 Å². The molecular formula is C17H16N2O. The van der Waals surface area contributed by atoms with Gasteiger partial charge in [-0.25, -0.2) is 0 Å². The highest BCUT2D eigenvalue weighted by atomic mass is 16.3. The zero-order chi connectivity index (χ0) is 14.1. The molecule has 1 atom stereocenters. The van der Waals surface area contributed by atoms with E-state index >= 15 is 0 Å². The largest absolute Gasteiger partial charge is 0.384 e. The molecule has 100 valence electrons. The first kappa shape index (κ1) is 12.8. The van der Waals surface area contributed by atoms with Gasteiger partial charge in [0.15, 0.2) is 0 Å². The van der Waals surface area contributed by atoms with Crippen molar-refractivity contribution in [3.8, 4) is 0 Å². The third kappa shape index (κ3) is 2.17. The predicted molar refractivity (Wildman–Crippen MR) is 79.5 cm³/mol. The summed E-state index contributed by atoms with van der Waals surface area (Å²) in [7, 11) is 0. The van der Waals surface area contributed by atoms with Gasteiger partial charge in [-0.2, -0.15) is 0 Å². The predicted octanol–water partition coefficient (Wildman–Crippen LogP) is 3.33. The molecule has 0 spiro atoms. The van der Waals surface area contributed by atoms with Crippen molar-refractivity contribution < 1.29 is 5.11 Å². The third-order valence-corrected chi connectivity index (χ3v) is 3.54. The van der Waals surface area contributed by atoms with E-state index in [1.165, 1.54) is 0 Å². The molecule has 3 nitrogen and oxygen atoms in total. The second kappa shape index (κ2) is 5.02. The number of pyridine rings is 2. The first-order valence-corrected chi connectivity index (χ1v) is 6.61. The van der Waals surface area contributed by atoms with Crippen LogP contribution in [0.5, 0.6) is 0 Å². The van der Waals surface area contributed by atoms with Crippen molar-refractivity contribution in [3.63, 3.8) is 0 Å². The molecule has 0 bridgehead atoms. The Morgan fingerprint density at radius 3 is 2.65 bits per heavy atom. The molecule has 2 aromatic heterocycles. The molecule has 1 unspecified atom stereocenters.